The molecule has 0 fully saturated rings. The Labute approximate surface area is 85.5 Å². The van der Waals surface area contributed by atoms with Crippen LogP contribution < -0.4 is 0 Å². The van der Waals surface area contributed by atoms with Crippen molar-refractivity contribution >= 4 is 6.29 Å². The Kier molecular flexibility index (Phi) is 4.11. The van der Waals surface area contributed by atoms with Gasteiger partial charge in [0, 0.05) is 6.42 Å². The van der Waals surface area contributed by atoms with Gasteiger partial charge in [0.05, 0.1) is 0 Å². The zero-order valence-corrected chi connectivity index (χ0v) is 8.79. The minimum absolute atomic E-state index is 0.754. The number of hydrogen-bond acceptors (Lipinski definition) is 1. The van der Waals surface area contributed by atoms with Crippen molar-refractivity contribution in [1.82, 2.24) is 0 Å². The normalized spacial score (nSPS) is 12.1. The van der Waals surface area contributed by atoms with Crippen LogP contribution in [0.5, 0.6) is 0 Å². The van der Waals surface area contributed by atoms with Crippen LogP contribution >= 0.6 is 0 Å². The lowest BCUT2D eigenvalue weighted by Gasteiger charge is -2.04. The minimum Gasteiger partial charge on any atom is -0.298 e. The van der Waals surface area contributed by atoms with E-state index in [2.05, 4.69) is 6.92 Å². The molecule has 1 aromatic carbocycles. The number of benzene rings is 1. The number of rotatable bonds is 4. The fourth-order valence-electron chi connectivity index (χ4n) is 1.34. The van der Waals surface area contributed by atoms with Crippen LogP contribution in [-0.2, 0) is 11.2 Å². The number of carbonyl (C=O) groups is 1. The number of carbonyl (C=O) groups excluding carboxylic acids is 1. The molecular weight excluding hydrogens is 172 g/mol. The third kappa shape index (κ3) is 2.84. The third-order valence-corrected chi connectivity index (χ3v) is 2.46. The van der Waals surface area contributed by atoms with E-state index < -0.39 is 0 Å². The lowest BCUT2D eigenvalue weighted by Crippen LogP contribution is -1.95. The lowest BCUT2D eigenvalue weighted by molar-refractivity contribution is -0.105. The Hall–Kier alpha value is -1.37. The second kappa shape index (κ2) is 5.38. The van der Waals surface area contributed by atoms with Crippen molar-refractivity contribution in [1.29, 1.82) is 0 Å². The van der Waals surface area contributed by atoms with Crippen molar-refractivity contribution < 1.29 is 4.79 Å². The van der Waals surface area contributed by atoms with E-state index in [1.807, 2.05) is 37.3 Å². The lowest BCUT2D eigenvalue weighted by atomic mass is 10.0. The quantitative estimate of drug-likeness (QED) is 0.524. The molecule has 1 heteroatoms. The highest BCUT2D eigenvalue weighted by Gasteiger charge is 2.01. The number of aldehydes is 1. The maximum Gasteiger partial charge on any atom is 0.146 e. The molecule has 0 N–H and O–H groups in total. The monoisotopic (exact) mass is 188 g/mol. The molecule has 0 saturated carbocycles. The third-order valence-electron chi connectivity index (χ3n) is 2.46. The summed E-state index contributed by atoms with van der Waals surface area (Å²) < 4.78 is 0. The van der Waals surface area contributed by atoms with Gasteiger partial charge in [-0.2, -0.15) is 0 Å². The summed E-state index contributed by atoms with van der Waals surface area (Å²) in [5, 5.41) is 0. The van der Waals surface area contributed by atoms with Gasteiger partial charge in [-0.1, -0.05) is 42.8 Å². The van der Waals surface area contributed by atoms with E-state index in [-0.39, 0.29) is 0 Å². The largest absolute Gasteiger partial charge is 0.298 e. The molecule has 0 bridgehead atoms. The van der Waals surface area contributed by atoms with Crippen LogP contribution in [0, 0.1) is 0 Å². The van der Waals surface area contributed by atoms with Gasteiger partial charge in [0.2, 0.25) is 0 Å². The summed E-state index contributed by atoms with van der Waals surface area (Å²) in [6.45, 7) is 4.09. The van der Waals surface area contributed by atoms with Gasteiger partial charge in [-0.05, 0) is 24.5 Å². The van der Waals surface area contributed by atoms with Crippen molar-refractivity contribution in [2.24, 2.45) is 0 Å². The first-order valence-corrected chi connectivity index (χ1v) is 4.95. The maximum atomic E-state index is 10.9. The van der Waals surface area contributed by atoms with E-state index >= 15 is 0 Å². The molecule has 0 saturated heterocycles. The molecule has 0 amide bonds. The molecule has 0 aliphatic carbocycles. The van der Waals surface area contributed by atoms with Gasteiger partial charge < -0.3 is 0 Å². The first-order chi connectivity index (χ1) is 6.77. The molecule has 1 rings (SSSR count). The molecule has 0 aliphatic rings. The van der Waals surface area contributed by atoms with Gasteiger partial charge >= 0.3 is 0 Å². The first-order valence-electron chi connectivity index (χ1n) is 4.95. The van der Waals surface area contributed by atoms with Crippen molar-refractivity contribution in [2.75, 3.05) is 0 Å². The summed E-state index contributed by atoms with van der Waals surface area (Å²) in [4.78, 5) is 10.9. The molecule has 0 radical (unpaired) electrons. The zero-order chi connectivity index (χ0) is 10.4. The summed E-state index contributed by atoms with van der Waals surface area (Å²) in [7, 11) is 0. The summed E-state index contributed by atoms with van der Waals surface area (Å²) in [5.41, 5.74) is 3.30. The number of allylic oxidation sites excluding steroid dienone is 2. The smallest absolute Gasteiger partial charge is 0.146 e. The van der Waals surface area contributed by atoms with Crippen molar-refractivity contribution in [3.05, 3.63) is 47.0 Å². The second-order valence-electron chi connectivity index (χ2n) is 3.44. The zero-order valence-electron chi connectivity index (χ0n) is 8.79. The molecule has 0 spiro atoms. The van der Waals surface area contributed by atoms with E-state index in [1.54, 1.807) is 0 Å². The van der Waals surface area contributed by atoms with Crippen LogP contribution in [0.15, 0.2) is 41.5 Å². The molecule has 1 nitrogen and oxygen atoms in total. The topological polar surface area (TPSA) is 17.1 Å². The van der Waals surface area contributed by atoms with Crippen LogP contribution in [0.25, 0.3) is 0 Å². The van der Waals surface area contributed by atoms with E-state index in [0.29, 0.717) is 0 Å². The van der Waals surface area contributed by atoms with Crippen molar-refractivity contribution in [2.45, 2.75) is 26.7 Å². The number of hydrogen-bond donors (Lipinski definition) is 0. The Morgan fingerprint density at radius 3 is 2.43 bits per heavy atom. The average molecular weight is 188 g/mol. The summed E-state index contributed by atoms with van der Waals surface area (Å²) >= 11 is 0. The van der Waals surface area contributed by atoms with Crippen LogP contribution in [0.2, 0.25) is 0 Å². The minimum atomic E-state index is 0.754. The highest BCUT2D eigenvalue weighted by atomic mass is 16.1. The average Bonchev–Trinajstić information content (AvgIpc) is 2.26. The van der Waals surface area contributed by atoms with Crippen molar-refractivity contribution in [3.63, 3.8) is 0 Å². The molecular formula is C13H16O. The Morgan fingerprint density at radius 1 is 1.29 bits per heavy atom. The molecule has 0 atom stereocenters. The highest BCUT2D eigenvalue weighted by molar-refractivity contribution is 5.75. The molecule has 0 aliphatic heterocycles. The second-order valence-corrected chi connectivity index (χ2v) is 3.44. The molecule has 74 valence electrons. The van der Waals surface area contributed by atoms with Gasteiger partial charge in [-0.15, -0.1) is 0 Å². The molecule has 0 aromatic heterocycles. The van der Waals surface area contributed by atoms with E-state index in [4.69, 9.17) is 0 Å². The van der Waals surface area contributed by atoms with E-state index in [0.717, 1.165) is 24.7 Å². The summed E-state index contributed by atoms with van der Waals surface area (Å²) in [6, 6.07) is 10.1. The predicted molar refractivity (Wildman–Crippen MR) is 59.2 cm³/mol. The highest BCUT2D eigenvalue weighted by Crippen LogP contribution is 2.12. The SMILES string of the molecule is CC/C(C)=C(\C=O)Cc1ccccc1. The molecule has 14 heavy (non-hydrogen) atoms. The van der Waals surface area contributed by atoms with Gasteiger partial charge in [0.15, 0.2) is 0 Å². The Balaban J connectivity index is 2.82. The Bertz CT molecular complexity index is 322. The fraction of sp³-hybridized carbons (Fsp3) is 0.308. The predicted octanol–water partition coefficient (Wildman–Crippen LogP) is 3.15. The van der Waals surface area contributed by atoms with E-state index in [9.17, 15) is 4.79 Å². The Morgan fingerprint density at radius 2 is 1.93 bits per heavy atom. The standard InChI is InChI=1S/C13H16O/c1-3-11(2)13(10-14)9-12-7-5-4-6-8-12/h4-8,10H,3,9H2,1-2H3/b13-11-. The van der Waals surface area contributed by atoms with E-state index in [1.165, 1.54) is 11.1 Å². The van der Waals surface area contributed by atoms with Crippen LogP contribution in [0.4, 0.5) is 0 Å². The maximum absolute atomic E-state index is 10.9. The van der Waals surface area contributed by atoms with Gasteiger partial charge in [0.1, 0.15) is 6.29 Å². The summed E-state index contributed by atoms with van der Waals surface area (Å²) in [6.07, 6.45) is 2.68. The molecule has 1 aromatic rings. The van der Waals surface area contributed by atoms with Gasteiger partial charge in [-0.25, -0.2) is 0 Å². The van der Waals surface area contributed by atoms with Gasteiger partial charge in [0.25, 0.3) is 0 Å². The molecule has 0 unspecified atom stereocenters. The van der Waals surface area contributed by atoms with Gasteiger partial charge in [-0.3, -0.25) is 4.79 Å². The van der Waals surface area contributed by atoms with Crippen LogP contribution in [0.3, 0.4) is 0 Å². The molecule has 0 heterocycles. The van der Waals surface area contributed by atoms with Crippen molar-refractivity contribution in [3.8, 4) is 0 Å². The first kappa shape index (κ1) is 10.7. The van der Waals surface area contributed by atoms with Crippen LogP contribution in [-0.4, -0.2) is 6.29 Å². The fourth-order valence-corrected chi connectivity index (χ4v) is 1.34. The van der Waals surface area contributed by atoms with Crippen LogP contribution in [0.1, 0.15) is 25.8 Å². The summed E-state index contributed by atoms with van der Waals surface area (Å²) in [5.74, 6) is 0.